The number of hydrogen-bond acceptors (Lipinski definition) is 1. The molecule has 1 nitrogen and oxygen atoms in total. The Morgan fingerprint density at radius 3 is 2.36 bits per heavy atom. The van der Waals surface area contributed by atoms with Gasteiger partial charge in [0.2, 0.25) is 0 Å². The summed E-state index contributed by atoms with van der Waals surface area (Å²) in [5.41, 5.74) is 6.44. The van der Waals surface area contributed by atoms with Crippen molar-refractivity contribution in [3.63, 3.8) is 0 Å². The number of nitrogens with two attached hydrogens (primary N) is 1. The van der Waals surface area contributed by atoms with E-state index in [9.17, 15) is 8.78 Å². The van der Waals surface area contributed by atoms with Crippen LogP contribution in [0.15, 0.2) is 6.07 Å². The molecule has 0 saturated heterocycles. The molecule has 0 aliphatic rings. The molecule has 0 unspecified atom stereocenters. The molecule has 0 fully saturated rings. The maximum Gasteiger partial charge on any atom is 0.181 e. The van der Waals surface area contributed by atoms with Gasteiger partial charge in [-0.3, -0.25) is 0 Å². The molecule has 0 aliphatic carbocycles. The standard InChI is InChI=1S/C8H9F2N/c1-4-3-6(9)7(10)8(11)5(4)2/h3H,11H2,1-2H3. The van der Waals surface area contributed by atoms with Crippen molar-refractivity contribution >= 4 is 5.69 Å². The number of rotatable bonds is 0. The summed E-state index contributed by atoms with van der Waals surface area (Å²) in [6.45, 7) is 3.35. The molecule has 0 heterocycles. The van der Waals surface area contributed by atoms with Crippen molar-refractivity contribution in [2.24, 2.45) is 0 Å². The smallest absolute Gasteiger partial charge is 0.181 e. The summed E-state index contributed by atoms with van der Waals surface area (Å²) in [5.74, 6) is -1.83. The van der Waals surface area contributed by atoms with Gasteiger partial charge in [0, 0.05) is 0 Å². The minimum absolute atomic E-state index is 0.0949. The molecule has 0 atom stereocenters. The number of nitrogen functional groups attached to an aromatic ring is 1. The van der Waals surface area contributed by atoms with E-state index < -0.39 is 11.6 Å². The van der Waals surface area contributed by atoms with Crippen LogP contribution in [0.5, 0.6) is 0 Å². The van der Waals surface area contributed by atoms with Gasteiger partial charge in [0.25, 0.3) is 0 Å². The number of benzene rings is 1. The first-order valence-electron chi connectivity index (χ1n) is 3.24. The van der Waals surface area contributed by atoms with Crippen molar-refractivity contribution in [3.8, 4) is 0 Å². The summed E-state index contributed by atoms with van der Waals surface area (Å²) in [5, 5.41) is 0. The van der Waals surface area contributed by atoms with Crippen molar-refractivity contribution in [1.29, 1.82) is 0 Å². The van der Waals surface area contributed by atoms with Gasteiger partial charge >= 0.3 is 0 Å². The van der Waals surface area contributed by atoms with Crippen molar-refractivity contribution in [1.82, 2.24) is 0 Å². The summed E-state index contributed by atoms with van der Waals surface area (Å²) in [4.78, 5) is 0. The molecule has 0 bridgehead atoms. The first-order chi connectivity index (χ1) is 5.04. The van der Waals surface area contributed by atoms with Gasteiger partial charge in [-0.2, -0.15) is 0 Å². The van der Waals surface area contributed by atoms with E-state index in [1.807, 2.05) is 0 Å². The zero-order valence-electron chi connectivity index (χ0n) is 6.41. The molecule has 0 aliphatic heterocycles. The zero-order valence-corrected chi connectivity index (χ0v) is 6.41. The van der Waals surface area contributed by atoms with Crippen LogP contribution in [0, 0.1) is 25.5 Å². The van der Waals surface area contributed by atoms with E-state index in [2.05, 4.69) is 0 Å². The molecule has 3 heteroatoms. The van der Waals surface area contributed by atoms with Crippen LogP contribution < -0.4 is 5.73 Å². The van der Waals surface area contributed by atoms with Crippen LogP contribution in [-0.4, -0.2) is 0 Å². The SMILES string of the molecule is Cc1cc(F)c(F)c(N)c1C. The van der Waals surface area contributed by atoms with Crippen molar-refractivity contribution in [3.05, 3.63) is 28.8 Å². The van der Waals surface area contributed by atoms with Crippen LogP contribution >= 0.6 is 0 Å². The molecule has 11 heavy (non-hydrogen) atoms. The van der Waals surface area contributed by atoms with Gasteiger partial charge in [0.05, 0.1) is 5.69 Å². The topological polar surface area (TPSA) is 26.0 Å². The monoisotopic (exact) mass is 157 g/mol. The Labute approximate surface area is 63.8 Å². The van der Waals surface area contributed by atoms with E-state index in [0.717, 1.165) is 6.07 Å². The summed E-state index contributed by atoms with van der Waals surface area (Å²) >= 11 is 0. The maximum atomic E-state index is 12.7. The molecule has 2 N–H and O–H groups in total. The van der Waals surface area contributed by atoms with E-state index in [-0.39, 0.29) is 5.69 Å². The second kappa shape index (κ2) is 2.49. The normalized spacial score (nSPS) is 10.2. The second-order valence-corrected chi connectivity index (χ2v) is 2.53. The van der Waals surface area contributed by atoms with Gasteiger partial charge < -0.3 is 5.73 Å². The fourth-order valence-electron chi connectivity index (χ4n) is 0.867. The molecule has 0 radical (unpaired) electrons. The molecular weight excluding hydrogens is 148 g/mol. The predicted molar refractivity (Wildman–Crippen MR) is 40.2 cm³/mol. The Balaban J connectivity index is 3.46. The highest BCUT2D eigenvalue weighted by molar-refractivity contribution is 5.51. The summed E-state index contributed by atoms with van der Waals surface area (Å²) in [7, 11) is 0. The van der Waals surface area contributed by atoms with E-state index in [0.29, 0.717) is 11.1 Å². The third-order valence-electron chi connectivity index (χ3n) is 1.78. The Bertz CT molecular complexity index is 268. The zero-order chi connectivity index (χ0) is 8.59. The van der Waals surface area contributed by atoms with Crippen molar-refractivity contribution in [2.75, 3.05) is 5.73 Å². The molecule has 1 rings (SSSR count). The third kappa shape index (κ3) is 1.18. The third-order valence-corrected chi connectivity index (χ3v) is 1.78. The first-order valence-corrected chi connectivity index (χ1v) is 3.24. The van der Waals surface area contributed by atoms with Crippen LogP contribution in [0.25, 0.3) is 0 Å². The van der Waals surface area contributed by atoms with Crippen molar-refractivity contribution < 1.29 is 8.78 Å². The maximum absolute atomic E-state index is 12.7. The molecule has 0 aromatic heterocycles. The van der Waals surface area contributed by atoms with E-state index >= 15 is 0 Å². The lowest BCUT2D eigenvalue weighted by Crippen LogP contribution is -1.99. The Hall–Kier alpha value is -1.12. The minimum Gasteiger partial charge on any atom is -0.396 e. The largest absolute Gasteiger partial charge is 0.396 e. The van der Waals surface area contributed by atoms with E-state index in [4.69, 9.17) is 5.73 Å². The highest BCUT2D eigenvalue weighted by Crippen LogP contribution is 2.21. The molecule has 1 aromatic rings. The molecule has 60 valence electrons. The molecule has 0 saturated carbocycles. The molecule has 0 amide bonds. The Morgan fingerprint density at radius 1 is 1.27 bits per heavy atom. The van der Waals surface area contributed by atoms with Crippen LogP contribution in [0.1, 0.15) is 11.1 Å². The average molecular weight is 157 g/mol. The average Bonchev–Trinajstić information content (AvgIpc) is 1.97. The van der Waals surface area contributed by atoms with E-state index in [1.165, 1.54) is 0 Å². The van der Waals surface area contributed by atoms with Gasteiger partial charge in [-0.15, -0.1) is 0 Å². The molecule has 1 aromatic carbocycles. The fraction of sp³-hybridized carbons (Fsp3) is 0.250. The number of hydrogen-bond donors (Lipinski definition) is 1. The number of halogens is 2. The van der Waals surface area contributed by atoms with E-state index in [1.54, 1.807) is 13.8 Å². The van der Waals surface area contributed by atoms with Crippen LogP contribution in [0.3, 0.4) is 0 Å². The summed E-state index contributed by atoms with van der Waals surface area (Å²) < 4.78 is 25.2. The second-order valence-electron chi connectivity index (χ2n) is 2.53. The Morgan fingerprint density at radius 2 is 1.82 bits per heavy atom. The van der Waals surface area contributed by atoms with Crippen molar-refractivity contribution in [2.45, 2.75) is 13.8 Å². The molecular formula is C8H9F2N. The minimum atomic E-state index is -0.951. The van der Waals surface area contributed by atoms with Gasteiger partial charge in [-0.05, 0) is 31.0 Å². The van der Waals surface area contributed by atoms with Gasteiger partial charge in [-0.25, -0.2) is 8.78 Å². The van der Waals surface area contributed by atoms with Crippen LogP contribution in [-0.2, 0) is 0 Å². The van der Waals surface area contributed by atoms with Gasteiger partial charge in [0.15, 0.2) is 11.6 Å². The van der Waals surface area contributed by atoms with Gasteiger partial charge in [-0.1, -0.05) is 0 Å². The lowest BCUT2D eigenvalue weighted by Gasteiger charge is -2.05. The summed E-state index contributed by atoms with van der Waals surface area (Å²) in [6, 6.07) is 1.14. The summed E-state index contributed by atoms with van der Waals surface area (Å²) in [6.07, 6.45) is 0. The fourth-order valence-corrected chi connectivity index (χ4v) is 0.867. The Kier molecular flexibility index (Phi) is 1.81. The van der Waals surface area contributed by atoms with Gasteiger partial charge in [0.1, 0.15) is 0 Å². The highest BCUT2D eigenvalue weighted by Gasteiger charge is 2.09. The number of anilines is 1. The first kappa shape index (κ1) is 7.98. The lowest BCUT2D eigenvalue weighted by atomic mass is 10.1. The highest BCUT2D eigenvalue weighted by atomic mass is 19.2. The quantitative estimate of drug-likeness (QED) is 0.574. The van der Waals surface area contributed by atoms with Crippen LogP contribution in [0.4, 0.5) is 14.5 Å². The van der Waals surface area contributed by atoms with Crippen LogP contribution in [0.2, 0.25) is 0 Å². The predicted octanol–water partition coefficient (Wildman–Crippen LogP) is 2.16. The lowest BCUT2D eigenvalue weighted by molar-refractivity contribution is 0.510. The number of aryl methyl sites for hydroxylation is 1. The molecule has 0 spiro atoms.